The largest absolute Gasteiger partial charge is 0.206 e. The van der Waals surface area contributed by atoms with Crippen LogP contribution in [0.1, 0.15) is 69.9 Å². The van der Waals surface area contributed by atoms with Crippen LogP contribution < -0.4 is 0 Å². The van der Waals surface area contributed by atoms with Gasteiger partial charge in [0.1, 0.15) is 5.82 Å². The Morgan fingerprint density at radius 2 is 1.91 bits per heavy atom. The Morgan fingerprint density at radius 3 is 2.57 bits per heavy atom. The predicted molar refractivity (Wildman–Crippen MR) is 96.8 cm³/mol. The number of benzene rings is 1. The van der Waals surface area contributed by atoms with Crippen LogP contribution in [0.4, 0.5) is 4.39 Å². The molecule has 0 unspecified atom stereocenters. The average Bonchev–Trinajstić information content (AvgIpc) is 2.55. The summed E-state index contributed by atoms with van der Waals surface area (Å²) < 4.78 is 13.9. The molecule has 2 rings (SSSR count). The lowest BCUT2D eigenvalue weighted by molar-refractivity contribution is 0.294. The van der Waals surface area contributed by atoms with Crippen molar-refractivity contribution in [2.75, 3.05) is 0 Å². The van der Waals surface area contributed by atoms with Crippen LogP contribution in [-0.4, -0.2) is 0 Å². The van der Waals surface area contributed by atoms with Gasteiger partial charge in [0.05, 0.1) is 5.56 Å². The van der Waals surface area contributed by atoms with E-state index in [4.69, 9.17) is 0 Å². The molecule has 0 radical (unpaired) electrons. The molecule has 1 aromatic carbocycles. The minimum atomic E-state index is -0.197. The van der Waals surface area contributed by atoms with Gasteiger partial charge in [0.2, 0.25) is 0 Å². The van der Waals surface area contributed by atoms with Crippen LogP contribution in [0.5, 0.6) is 0 Å². The van der Waals surface area contributed by atoms with Gasteiger partial charge in [-0.05, 0) is 67.7 Å². The summed E-state index contributed by atoms with van der Waals surface area (Å²) in [6, 6.07) is 5.40. The summed E-state index contributed by atoms with van der Waals surface area (Å²) in [6.07, 6.45) is 14.0. The second-order valence-corrected chi connectivity index (χ2v) is 6.76. The maximum atomic E-state index is 13.9. The highest BCUT2D eigenvalue weighted by Gasteiger charge is 2.18. The Labute approximate surface area is 141 Å². The first-order valence-electron chi connectivity index (χ1n) is 9.19. The van der Waals surface area contributed by atoms with Gasteiger partial charge in [0.15, 0.2) is 0 Å². The number of halogens is 1. The average molecular weight is 312 g/mol. The van der Waals surface area contributed by atoms with Crippen molar-refractivity contribution in [2.24, 2.45) is 11.8 Å². The molecule has 0 aliphatic heterocycles. The third-order valence-corrected chi connectivity index (χ3v) is 4.82. The van der Waals surface area contributed by atoms with Crippen LogP contribution in [0, 0.1) is 29.5 Å². The summed E-state index contributed by atoms with van der Waals surface area (Å²) in [5.74, 6) is 7.35. The molecule has 0 N–H and O–H groups in total. The predicted octanol–water partition coefficient (Wildman–Crippen LogP) is 6.29. The SMILES string of the molecule is CCCc1ccc(C#C/C=C/C2CCC(CCC)CC2)c(F)c1. The van der Waals surface area contributed by atoms with E-state index in [2.05, 4.69) is 31.8 Å². The summed E-state index contributed by atoms with van der Waals surface area (Å²) in [5.41, 5.74) is 1.55. The second-order valence-electron chi connectivity index (χ2n) is 6.76. The Bertz CT molecular complexity index is 565. The van der Waals surface area contributed by atoms with E-state index in [0.717, 1.165) is 24.3 Å². The van der Waals surface area contributed by atoms with Crippen molar-refractivity contribution in [3.05, 3.63) is 47.3 Å². The van der Waals surface area contributed by atoms with Crippen LogP contribution in [0.15, 0.2) is 30.4 Å². The molecule has 0 spiro atoms. The van der Waals surface area contributed by atoms with Gasteiger partial charge in [0.25, 0.3) is 0 Å². The monoisotopic (exact) mass is 312 g/mol. The van der Waals surface area contributed by atoms with Crippen LogP contribution in [0.3, 0.4) is 0 Å². The standard InChI is InChI=1S/C22H29F/c1-3-7-18-11-13-19(14-12-18)9-5-6-10-21-16-15-20(8-4-2)17-22(21)23/h5,9,15-19H,3-4,7-8,11-14H2,1-2H3/b9-5+. The van der Waals surface area contributed by atoms with E-state index in [0.29, 0.717) is 11.5 Å². The first-order valence-corrected chi connectivity index (χ1v) is 9.19. The Balaban J connectivity index is 1.86. The smallest absolute Gasteiger partial charge is 0.139 e. The molecule has 0 bridgehead atoms. The summed E-state index contributed by atoms with van der Waals surface area (Å²) in [6.45, 7) is 4.38. The molecule has 124 valence electrons. The van der Waals surface area contributed by atoms with Gasteiger partial charge in [-0.3, -0.25) is 0 Å². The van der Waals surface area contributed by atoms with Gasteiger partial charge in [-0.1, -0.05) is 57.1 Å². The van der Waals surface area contributed by atoms with Crippen molar-refractivity contribution in [2.45, 2.75) is 65.2 Å². The molecule has 0 nitrogen and oxygen atoms in total. The van der Waals surface area contributed by atoms with Gasteiger partial charge < -0.3 is 0 Å². The number of hydrogen-bond acceptors (Lipinski definition) is 0. The third-order valence-electron chi connectivity index (χ3n) is 4.82. The first-order chi connectivity index (χ1) is 11.2. The lowest BCUT2D eigenvalue weighted by Gasteiger charge is -2.26. The van der Waals surface area contributed by atoms with E-state index in [1.807, 2.05) is 12.1 Å². The third kappa shape index (κ3) is 5.87. The highest BCUT2D eigenvalue weighted by atomic mass is 19.1. The van der Waals surface area contributed by atoms with Gasteiger partial charge in [-0.2, -0.15) is 0 Å². The first kappa shape index (κ1) is 17.8. The van der Waals surface area contributed by atoms with Crippen molar-refractivity contribution in [1.82, 2.24) is 0 Å². The van der Waals surface area contributed by atoms with Crippen molar-refractivity contribution >= 4 is 0 Å². The lowest BCUT2D eigenvalue weighted by Crippen LogP contribution is -2.12. The molecule has 0 amide bonds. The molecule has 0 saturated heterocycles. The highest BCUT2D eigenvalue weighted by Crippen LogP contribution is 2.32. The van der Waals surface area contributed by atoms with Gasteiger partial charge in [0, 0.05) is 0 Å². The molecular formula is C22H29F. The fourth-order valence-corrected chi connectivity index (χ4v) is 3.49. The van der Waals surface area contributed by atoms with Crippen molar-refractivity contribution in [1.29, 1.82) is 0 Å². The van der Waals surface area contributed by atoms with E-state index in [1.165, 1.54) is 38.5 Å². The Kier molecular flexibility index (Phi) is 7.40. The van der Waals surface area contributed by atoms with Crippen molar-refractivity contribution < 1.29 is 4.39 Å². The molecular weight excluding hydrogens is 283 g/mol. The Hall–Kier alpha value is -1.55. The van der Waals surface area contributed by atoms with Crippen LogP contribution in [-0.2, 0) is 6.42 Å². The van der Waals surface area contributed by atoms with Crippen LogP contribution in [0.2, 0.25) is 0 Å². The van der Waals surface area contributed by atoms with Crippen LogP contribution >= 0.6 is 0 Å². The van der Waals surface area contributed by atoms with Gasteiger partial charge in [-0.25, -0.2) is 4.39 Å². The number of rotatable bonds is 5. The maximum Gasteiger partial charge on any atom is 0.139 e. The molecule has 1 heteroatoms. The molecule has 1 aliphatic carbocycles. The topological polar surface area (TPSA) is 0 Å². The zero-order valence-corrected chi connectivity index (χ0v) is 14.6. The summed E-state index contributed by atoms with van der Waals surface area (Å²) in [5, 5.41) is 0. The molecule has 1 fully saturated rings. The molecule has 0 heterocycles. The zero-order valence-electron chi connectivity index (χ0n) is 14.6. The van der Waals surface area contributed by atoms with E-state index < -0.39 is 0 Å². The fraction of sp³-hybridized carbons (Fsp3) is 0.545. The molecule has 1 aliphatic rings. The fourth-order valence-electron chi connectivity index (χ4n) is 3.49. The van der Waals surface area contributed by atoms with E-state index in [9.17, 15) is 4.39 Å². The number of aryl methyl sites for hydroxylation is 1. The lowest BCUT2D eigenvalue weighted by atomic mass is 9.80. The summed E-state index contributed by atoms with van der Waals surface area (Å²) in [4.78, 5) is 0. The quantitative estimate of drug-likeness (QED) is 0.560. The minimum absolute atomic E-state index is 0.197. The van der Waals surface area contributed by atoms with E-state index in [-0.39, 0.29) is 5.82 Å². The normalized spacial score (nSPS) is 21.2. The van der Waals surface area contributed by atoms with E-state index in [1.54, 1.807) is 12.1 Å². The number of allylic oxidation sites excluding steroid dienone is 2. The molecule has 0 aromatic heterocycles. The summed E-state index contributed by atoms with van der Waals surface area (Å²) in [7, 11) is 0. The maximum absolute atomic E-state index is 13.9. The van der Waals surface area contributed by atoms with Crippen molar-refractivity contribution in [3.8, 4) is 11.8 Å². The van der Waals surface area contributed by atoms with Gasteiger partial charge in [-0.15, -0.1) is 0 Å². The molecule has 0 atom stereocenters. The van der Waals surface area contributed by atoms with Gasteiger partial charge >= 0.3 is 0 Å². The zero-order chi connectivity index (χ0) is 16.5. The minimum Gasteiger partial charge on any atom is -0.206 e. The summed E-state index contributed by atoms with van der Waals surface area (Å²) >= 11 is 0. The Morgan fingerprint density at radius 1 is 1.13 bits per heavy atom. The molecule has 1 saturated carbocycles. The van der Waals surface area contributed by atoms with Crippen LogP contribution in [0.25, 0.3) is 0 Å². The molecule has 23 heavy (non-hydrogen) atoms. The number of hydrogen-bond donors (Lipinski definition) is 0. The highest BCUT2D eigenvalue weighted by molar-refractivity contribution is 5.39. The molecule has 1 aromatic rings. The van der Waals surface area contributed by atoms with Crippen molar-refractivity contribution in [3.63, 3.8) is 0 Å². The van der Waals surface area contributed by atoms with E-state index >= 15 is 0 Å². The second kappa shape index (κ2) is 9.56.